The summed E-state index contributed by atoms with van der Waals surface area (Å²) in [5, 5.41) is 3.40. The van der Waals surface area contributed by atoms with Crippen molar-refractivity contribution in [3.8, 4) is 0 Å². The van der Waals surface area contributed by atoms with E-state index in [4.69, 9.17) is 0 Å². The van der Waals surface area contributed by atoms with E-state index in [1.54, 1.807) is 0 Å². The number of fused-ring (bicyclic) bond motifs is 1. The molecule has 0 saturated heterocycles. The summed E-state index contributed by atoms with van der Waals surface area (Å²) < 4.78 is 0. The van der Waals surface area contributed by atoms with E-state index in [2.05, 4.69) is 22.4 Å². The lowest BCUT2D eigenvalue weighted by molar-refractivity contribution is 1.50. The maximum Gasteiger partial charge on any atom is 0.0643 e. The van der Waals surface area contributed by atoms with Gasteiger partial charge in [0.05, 0.1) is 11.9 Å². The van der Waals surface area contributed by atoms with Crippen LogP contribution in [0.15, 0.2) is 59.7 Å². The van der Waals surface area contributed by atoms with E-state index in [-0.39, 0.29) is 0 Å². The molecule has 0 fully saturated rings. The summed E-state index contributed by atoms with van der Waals surface area (Å²) in [4.78, 5) is 4.31. The third-order valence-corrected chi connectivity index (χ3v) is 2.68. The zero-order valence-corrected chi connectivity index (χ0v) is 9.22. The van der Waals surface area contributed by atoms with Crippen molar-refractivity contribution in [1.29, 1.82) is 0 Å². The molecule has 1 aliphatic rings. The van der Waals surface area contributed by atoms with Crippen LogP contribution < -0.4 is 5.32 Å². The molecule has 81 valence electrons. The number of rotatable bonds is 1. The summed E-state index contributed by atoms with van der Waals surface area (Å²) >= 11 is 0. The minimum Gasteiger partial charge on any atom is -0.353 e. The highest BCUT2D eigenvalue weighted by Gasteiger charge is 2.06. The van der Waals surface area contributed by atoms with Crippen molar-refractivity contribution in [1.82, 2.24) is 0 Å². The van der Waals surface area contributed by atoms with Crippen molar-refractivity contribution < 1.29 is 0 Å². The standard InChI is InChI=1S/C15H11N2/c1-2-6-12(7-3-1)15-11-16-10-13-8-4-5-9-14(13)17-15/h2-11,17H. The molecule has 2 nitrogen and oxygen atoms in total. The van der Waals surface area contributed by atoms with Crippen LogP contribution in [0.2, 0.25) is 0 Å². The number of aliphatic imine (C=N–C) groups is 1. The lowest BCUT2D eigenvalue weighted by Gasteiger charge is -2.10. The molecule has 1 heterocycles. The summed E-state index contributed by atoms with van der Waals surface area (Å²) in [6.45, 7) is 0. The average Bonchev–Trinajstić information content (AvgIpc) is 2.62. The van der Waals surface area contributed by atoms with Gasteiger partial charge in [-0.25, -0.2) is 0 Å². The molecule has 0 spiro atoms. The normalized spacial score (nSPS) is 13.3. The summed E-state index contributed by atoms with van der Waals surface area (Å²) in [5.74, 6) is 0. The van der Waals surface area contributed by atoms with Crippen molar-refractivity contribution in [3.63, 3.8) is 0 Å². The Kier molecular flexibility index (Phi) is 2.47. The fourth-order valence-corrected chi connectivity index (χ4v) is 1.81. The lowest BCUT2D eigenvalue weighted by Crippen LogP contribution is -1.99. The molecule has 1 N–H and O–H groups in total. The molecule has 0 atom stereocenters. The number of anilines is 1. The van der Waals surface area contributed by atoms with Crippen LogP contribution in [0.3, 0.4) is 0 Å². The highest BCUT2D eigenvalue weighted by Crippen LogP contribution is 2.23. The quantitative estimate of drug-likeness (QED) is 0.781. The Labute approximate surface area is 100 Å². The van der Waals surface area contributed by atoms with E-state index in [1.807, 2.05) is 54.9 Å². The first-order valence-corrected chi connectivity index (χ1v) is 5.49. The topological polar surface area (TPSA) is 24.4 Å². The zero-order chi connectivity index (χ0) is 11.5. The van der Waals surface area contributed by atoms with Crippen molar-refractivity contribution in [3.05, 3.63) is 71.9 Å². The summed E-state index contributed by atoms with van der Waals surface area (Å²) in [6.07, 6.45) is 3.71. The first-order valence-electron chi connectivity index (χ1n) is 5.49. The molecule has 2 aromatic carbocycles. The fraction of sp³-hybridized carbons (Fsp3) is 0. The summed E-state index contributed by atoms with van der Waals surface area (Å²) in [6, 6.07) is 19.0. The van der Waals surface area contributed by atoms with Gasteiger partial charge < -0.3 is 5.32 Å². The molecule has 0 amide bonds. The van der Waals surface area contributed by atoms with E-state index in [0.717, 1.165) is 22.5 Å². The number of hydrogen-bond donors (Lipinski definition) is 1. The highest BCUT2D eigenvalue weighted by atomic mass is 14.9. The molecule has 1 radical (unpaired) electrons. The van der Waals surface area contributed by atoms with E-state index in [9.17, 15) is 0 Å². The van der Waals surface area contributed by atoms with E-state index < -0.39 is 0 Å². The Bertz CT molecular complexity index is 583. The van der Waals surface area contributed by atoms with Crippen LogP contribution in [0.5, 0.6) is 0 Å². The average molecular weight is 219 g/mol. The second-order valence-electron chi connectivity index (χ2n) is 3.82. The molecule has 0 saturated carbocycles. The second-order valence-corrected chi connectivity index (χ2v) is 3.82. The molecule has 0 aliphatic carbocycles. The Balaban J connectivity index is 2.02. The Morgan fingerprint density at radius 1 is 1.00 bits per heavy atom. The van der Waals surface area contributed by atoms with Crippen molar-refractivity contribution in [2.45, 2.75) is 0 Å². The van der Waals surface area contributed by atoms with Gasteiger partial charge in [-0.3, -0.25) is 4.99 Å². The van der Waals surface area contributed by atoms with Gasteiger partial charge in [0, 0.05) is 17.5 Å². The molecule has 3 rings (SSSR count). The van der Waals surface area contributed by atoms with Gasteiger partial charge in [0.25, 0.3) is 0 Å². The molecule has 0 aromatic heterocycles. The van der Waals surface area contributed by atoms with Crippen LogP contribution in [0.25, 0.3) is 5.70 Å². The maximum atomic E-state index is 4.31. The summed E-state index contributed by atoms with van der Waals surface area (Å²) in [5.41, 5.74) is 4.28. The third-order valence-electron chi connectivity index (χ3n) is 2.68. The Morgan fingerprint density at radius 2 is 1.82 bits per heavy atom. The van der Waals surface area contributed by atoms with Crippen LogP contribution in [-0.4, -0.2) is 6.21 Å². The molecule has 0 bridgehead atoms. The largest absolute Gasteiger partial charge is 0.353 e. The van der Waals surface area contributed by atoms with Crippen molar-refractivity contribution in [2.24, 2.45) is 4.99 Å². The molecule has 1 aliphatic heterocycles. The smallest absolute Gasteiger partial charge is 0.0643 e. The number of para-hydroxylation sites is 1. The molecular formula is C15H11N2. The number of nitrogens with one attached hydrogen (secondary N) is 1. The van der Waals surface area contributed by atoms with Gasteiger partial charge in [0.2, 0.25) is 0 Å². The van der Waals surface area contributed by atoms with Gasteiger partial charge in [-0.1, -0.05) is 42.5 Å². The van der Waals surface area contributed by atoms with E-state index in [1.165, 1.54) is 0 Å². The SMILES string of the molecule is [c]1ccc(C2=CN=Cc3ccccc3N2)cc1. The minimum atomic E-state index is 1.00. The second kappa shape index (κ2) is 4.26. The highest BCUT2D eigenvalue weighted by molar-refractivity contribution is 5.94. The third kappa shape index (κ3) is 1.97. The van der Waals surface area contributed by atoms with Crippen LogP contribution in [0.1, 0.15) is 11.1 Å². The molecule has 2 aromatic rings. The monoisotopic (exact) mass is 219 g/mol. The van der Waals surface area contributed by atoms with E-state index in [0.29, 0.717) is 0 Å². The van der Waals surface area contributed by atoms with Crippen LogP contribution >= 0.6 is 0 Å². The first-order chi connectivity index (χ1) is 8.43. The maximum absolute atomic E-state index is 4.31. The van der Waals surface area contributed by atoms with Gasteiger partial charge >= 0.3 is 0 Å². The predicted octanol–water partition coefficient (Wildman–Crippen LogP) is 3.33. The van der Waals surface area contributed by atoms with Crippen molar-refractivity contribution >= 4 is 17.6 Å². The van der Waals surface area contributed by atoms with E-state index >= 15 is 0 Å². The molecule has 17 heavy (non-hydrogen) atoms. The predicted molar refractivity (Wildman–Crippen MR) is 70.9 cm³/mol. The number of benzene rings is 2. The number of hydrogen-bond acceptors (Lipinski definition) is 2. The van der Waals surface area contributed by atoms with Gasteiger partial charge in [0.15, 0.2) is 0 Å². The van der Waals surface area contributed by atoms with Crippen molar-refractivity contribution in [2.75, 3.05) is 5.32 Å². The fourth-order valence-electron chi connectivity index (χ4n) is 1.81. The first kappa shape index (κ1) is 9.85. The van der Waals surface area contributed by atoms with Gasteiger partial charge in [0.1, 0.15) is 0 Å². The zero-order valence-electron chi connectivity index (χ0n) is 9.22. The van der Waals surface area contributed by atoms with Gasteiger partial charge in [-0.15, -0.1) is 0 Å². The Hall–Kier alpha value is -2.35. The lowest BCUT2D eigenvalue weighted by atomic mass is 10.1. The van der Waals surface area contributed by atoms with Crippen LogP contribution in [-0.2, 0) is 0 Å². The van der Waals surface area contributed by atoms with Crippen LogP contribution in [0, 0.1) is 6.07 Å². The minimum absolute atomic E-state index is 1.00. The summed E-state index contributed by atoms with van der Waals surface area (Å²) in [7, 11) is 0. The molecule has 2 heteroatoms. The van der Waals surface area contributed by atoms with Gasteiger partial charge in [-0.2, -0.15) is 0 Å². The molecular weight excluding hydrogens is 208 g/mol. The number of nitrogens with zero attached hydrogens (tertiary/aromatic N) is 1. The Morgan fingerprint density at radius 3 is 2.71 bits per heavy atom. The van der Waals surface area contributed by atoms with Gasteiger partial charge in [-0.05, 0) is 17.7 Å². The molecule has 0 unspecified atom stereocenters. The van der Waals surface area contributed by atoms with Crippen LogP contribution in [0.4, 0.5) is 5.69 Å².